The Bertz CT molecular complexity index is 588. The molecular formula is C19H33F3N2OP+. The Kier molecular flexibility index (Phi) is 8.53. The van der Waals surface area contributed by atoms with Crippen molar-refractivity contribution in [2.45, 2.75) is 85.8 Å². The minimum absolute atomic E-state index is 0.0203. The summed E-state index contributed by atoms with van der Waals surface area (Å²) in [6, 6.07) is 2.01. The van der Waals surface area contributed by atoms with Crippen LogP contribution in [0.4, 0.5) is 13.2 Å². The molecule has 0 bridgehead atoms. The van der Waals surface area contributed by atoms with Gasteiger partial charge in [0.25, 0.3) is 7.79 Å². The lowest BCUT2D eigenvalue weighted by Crippen LogP contribution is -2.47. The third kappa shape index (κ3) is 5.41. The Morgan fingerprint density at radius 1 is 0.885 bits per heavy atom. The van der Waals surface area contributed by atoms with Crippen LogP contribution in [0.25, 0.3) is 0 Å². The normalized spacial score (nSPS) is 14.9. The first-order valence-corrected chi connectivity index (χ1v) is 10.9. The van der Waals surface area contributed by atoms with Crippen molar-refractivity contribution in [3.8, 4) is 0 Å². The molecule has 1 atom stereocenters. The number of hydrogen-bond donors (Lipinski definition) is 1. The molecule has 0 saturated carbocycles. The van der Waals surface area contributed by atoms with Gasteiger partial charge in [-0.3, -0.25) is 0 Å². The molecule has 1 aromatic carbocycles. The van der Waals surface area contributed by atoms with Gasteiger partial charge in [0.05, 0.1) is 0 Å². The molecule has 1 aromatic rings. The fourth-order valence-corrected chi connectivity index (χ4v) is 7.15. The summed E-state index contributed by atoms with van der Waals surface area (Å²) in [5, 5.41) is 3.60. The van der Waals surface area contributed by atoms with Crippen LogP contribution in [0.2, 0.25) is 0 Å². The SMILES string of the molecule is CC(C)N[P+](OCc1cc(F)c(F)cc1F)(C(C)C)N(C(C)C)C(C)C. The fraction of sp³-hybridized carbons (Fsp3) is 0.684. The summed E-state index contributed by atoms with van der Waals surface area (Å²) in [6.07, 6.45) is 0. The molecule has 0 amide bonds. The van der Waals surface area contributed by atoms with Gasteiger partial charge in [0, 0.05) is 29.8 Å². The molecule has 0 fully saturated rings. The van der Waals surface area contributed by atoms with Crippen molar-refractivity contribution in [3.05, 3.63) is 35.1 Å². The van der Waals surface area contributed by atoms with Crippen LogP contribution >= 0.6 is 7.79 Å². The largest absolute Gasteiger partial charge is 0.290 e. The predicted octanol–water partition coefficient (Wildman–Crippen LogP) is 5.91. The van der Waals surface area contributed by atoms with Crippen molar-refractivity contribution in [2.75, 3.05) is 0 Å². The second kappa shape index (κ2) is 9.50. The summed E-state index contributed by atoms with van der Waals surface area (Å²) in [5.74, 6) is -3.06. The van der Waals surface area contributed by atoms with E-state index in [2.05, 4.69) is 51.3 Å². The Morgan fingerprint density at radius 3 is 1.81 bits per heavy atom. The number of rotatable bonds is 9. The van der Waals surface area contributed by atoms with Crippen molar-refractivity contribution < 1.29 is 17.7 Å². The lowest BCUT2D eigenvalue weighted by Gasteiger charge is -2.42. The molecule has 0 aromatic heterocycles. The average Bonchev–Trinajstić information content (AvgIpc) is 2.47. The maximum atomic E-state index is 14.1. The zero-order valence-electron chi connectivity index (χ0n) is 17.1. The summed E-state index contributed by atoms with van der Waals surface area (Å²) in [7, 11) is -2.36. The number of nitrogens with zero attached hydrogens (tertiary/aromatic N) is 1. The van der Waals surface area contributed by atoms with Crippen LogP contribution in [0.15, 0.2) is 12.1 Å². The summed E-state index contributed by atoms with van der Waals surface area (Å²) in [5.41, 5.74) is 0.148. The van der Waals surface area contributed by atoms with E-state index < -0.39 is 25.2 Å². The smallest absolute Gasteiger partial charge is 0.206 e. The molecule has 1 N–H and O–H groups in total. The molecule has 0 radical (unpaired) electrons. The van der Waals surface area contributed by atoms with Gasteiger partial charge in [-0.05, 0) is 61.5 Å². The molecule has 0 heterocycles. The highest BCUT2D eigenvalue weighted by molar-refractivity contribution is 7.67. The molecule has 0 spiro atoms. The van der Waals surface area contributed by atoms with Crippen molar-refractivity contribution in [1.29, 1.82) is 0 Å². The molecule has 0 aliphatic carbocycles. The molecule has 26 heavy (non-hydrogen) atoms. The van der Waals surface area contributed by atoms with Crippen molar-refractivity contribution in [1.82, 2.24) is 9.76 Å². The van der Waals surface area contributed by atoms with Crippen LogP contribution in [0, 0.1) is 17.5 Å². The second-order valence-electron chi connectivity index (χ2n) is 7.70. The highest BCUT2D eigenvalue weighted by atomic mass is 31.2. The molecule has 0 aliphatic rings. The summed E-state index contributed by atoms with van der Waals surface area (Å²) >= 11 is 0. The standard InChI is InChI=1S/C19H33F3N2OP/c1-12(2)23-26(15(7)8,24(13(3)4)14(5)6)25-11-16-9-18(21)19(22)10-17(16)20/h9-10,12-15,23H,11H2,1-8H3/q+1. The molecule has 0 aliphatic heterocycles. The summed E-state index contributed by atoms with van der Waals surface area (Å²) in [6.45, 7) is 16.5. The first-order chi connectivity index (χ1) is 11.9. The maximum Gasteiger partial charge on any atom is 0.290 e. The topological polar surface area (TPSA) is 24.5 Å². The van der Waals surface area contributed by atoms with E-state index in [0.29, 0.717) is 6.07 Å². The number of halogens is 3. The van der Waals surface area contributed by atoms with Gasteiger partial charge in [-0.25, -0.2) is 13.2 Å². The molecule has 3 nitrogen and oxygen atoms in total. The number of hydrogen-bond acceptors (Lipinski definition) is 3. The third-order valence-electron chi connectivity index (χ3n) is 4.05. The third-order valence-corrected chi connectivity index (χ3v) is 8.47. The van der Waals surface area contributed by atoms with Gasteiger partial charge in [-0.2, -0.15) is 4.52 Å². The van der Waals surface area contributed by atoms with Gasteiger partial charge in [-0.1, -0.05) is 0 Å². The average molecular weight is 393 g/mol. The Morgan fingerprint density at radius 2 is 1.38 bits per heavy atom. The summed E-state index contributed by atoms with van der Waals surface area (Å²) in [4.78, 5) is 0. The molecule has 1 unspecified atom stereocenters. The van der Waals surface area contributed by atoms with E-state index in [1.807, 2.05) is 13.8 Å². The predicted molar refractivity (Wildman–Crippen MR) is 104 cm³/mol. The summed E-state index contributed by atoms with van der Waals surface area (Å²) < 4.78 is 49.5. The van der Waals surface area contributed by atoms with E-state index in [0.717, 1.165) is 6.07 Å². The fourth-order valence-electron chi connectivity index (χ4n) is 3.23. The molecule has 7 heteroatoms. The van der Waals surface area contributed by atoms with Gasteiger partial charge < -0.3 is 0 Å². The second-order valence-corrected chi connectivity index (χ2v) is 11.0. The van der Waals surface area contributed by atoms with E-state index in [9.17, 15) is 13.2 Å². The molecule has 0 saturated heterocycles. The first-order valence-electron chi connectivity index (χ1n) is 9.15. The van der Waals surface area contributed by atoms with Crippen LogP contribution in [-0.2, 0) is 11.1 Å². The minimum Gasteiger partial charge on any atom is -0.206 e. The zero-order chi connectivity index (χ0) is 20.2. The van der Waals surface area contributed by atoms with Crippen molar-refractivity contribution in [3.63, 3.8) is 0 Å². The Labute approximate surface area is 156 Å². The molecule has 150 valence electrons. The molecule has 1 rings (SSSR count). The van der Waals surface area contributed by atoms with E-state index in [1.54, 1.807) is 0 Å². The van der Waals surface area contributed by atoms with E-state index in [1.165, 1.54) is 0 Å². The van der Waals surface area contributed by atoms with Crippen molar-refractivity contribution in [2.24, 2.45) is 0 Å². The van der Waals surface area contributed by atoms with Crippen LogP contribution in [-0.4, -0.2) is 28.5 Å². The highest BCUT2D eigenvalue weighted by Crippen LogP contribution is 2.65. The zero-order valence-corrected chi connectivity index (χ0v) is 18.0. The highest BCUT2D eigenvalue weighted by Gasteiger charge is 2.53. The van der Waals surface area contributed by atoms with Crippen molar-refractivity contribution >= 4 is 7.79 Å². The van der Waals surface area contributed by atoms with E-state index in [-0.39, 0.29) is 36.0 Å². The van der Waals surface area contributed by atoms with Crippen LogP contribution in [0.1, 0.15) is 61.0 Å². The van der Waals surface area contributed by atoms with Gasteiger partial charge in [0.1, 0.15) is 18.1 Å². The van der Waals surface area contributed by atoms with Crippen LogP contribution < -0.4 is 5.09 Å². The maximum absolute atomic E-state index is 14.1. The molecular weight excluding hydrogens is 360 g/mol. The monoisotopic (exact) mass is 393 g/mol. The van der Waals surface area contributed by atoms with E-state index in [4.69, 9.17) is 4.52 Å². The Hall–Kier alpha value is -0.680. The minimum atomic E-state index is -2.36. The number of benzene rings is 1. The lowest BCUT2D eigenvalue weighted by molar-refractivity contribution is 0.215. The van der Waals surface area contributed by atoms with Crippen LogP contribution in [0.5, 0.6) is 0 Å². The lowest BCUT2D eigenvalue weighted by atomic mass is 10.2. The van der Waals surface area contributed by atoms with Gasteiger partial charge in [0.15, 0.2) is 11.6 Å². The van der Waals surface area contributed by atoms with Crippen LogP contribution in [0.3, 0.4) is 0 Å². The Balaban J connectivity index is 3.30. The quantitative estimate of drug-likeness (QED) is 0.417. The van der Waals surface area contributed by atoms with Gasteiger partial charge in [-0.15, -0.1) is 9.76 Å². The van der Waals surface area contributed by atoms with Gasteiger partial charge >= 0.3 is 0 Å². The van der Waals surface area contributed by atoms with Gasteiger partial charge in [0.2, 0.25) is 0 Å². The first kappa shape index (κ1) is 23.4. The number of nitrogens with one attached hydrogen (secondary N) is 1. The van der Waals surface area contributed by atoms with E-state index >= 15 is 0 Å².